The van der Waals surface area contributed by atoms with Crippen molar-refractivity contribution in [2.75, 3.05) is 7.11 Å². The summed E-state index contributed by atoms with van der Waals surface area (Å²) in [6.45, 7) is 0. The summed E-state index contributed by atoms with van der Waals surface area (Å²) in [5.74, 6) is -2.33. The van der Waals surface area contributed by atoms with Crippen molar-refractivity contribution < 1.29 is 33.3 Å². The fourth-order valence-corrected chi connectivity index (χ4v) is 1.34. The van der Waals surface area contributed by atoms with E-state index in [2.05, 4.69) is 9.47 Å². The molecule has 7 heteroatoms. The van der Waals surface area contributed by atoms with E-state index >= 15 is 0 Å². The third kappa shape index (κ3) is 3.42. The van der Waals surface area contributed by atoms with Gasteiger partial charge in [-0.25, -0.2) is 14.0 Å². The first-order valence-electron chi connectivity index (χ1n) is 4.80. The molecule has 0 saturated carbocycles. The minimum atomic E-state index is -2.17. The topological polar surface area (TPSA) is 82.1 Å². The number of hydrogen-bond donors (Lipinski definition) is 1. The molecular formula is C9H13FO6. The second-order valence-corrected chi connectivity index (χ2v) is 3.31. The quantitative estimate of drug-likeness (QED) is 0.714. The van der Waals surface area contributed by atoms with E-state index < -0.39 is 30.7 Å². The van der Waals surface area contributed by atoms with Crippen LogP contribution in [0.15, 0.2) is 0 Å². The third-order valence-corrected chi connectivity index (χ3v) is 2.14. The Morgan fingerprint density at radius 3 is 2.75 bits per heavy atom. The molecule has 0 aromatic carbocycles. The van der Waals surface area contributed by atoms with Crippen LogP contribution in [0.3, 0.4) is 0 Å². The van der Waals surface area contributed by atoms with Gasteiger partial charge >= 0.3 is 11.9 Å². The number of carboxylic acids is 1. The number of alkyl halides is 1. The van der Waals surface area contributed by atoms with Crippen LogP contribution in [0.25, 0.3) is 0 Å². The molecule has 0 aromatic rings. The summed E-state index contributed by atoms with van der Waals surface area (Å²) in [6.07, 6.45) is -2.95. The Morgan fingerprint density at radius 1 is 1.50 bits per heavy atom. The molecule has 1 aliphatic heterocycles. The standard InChI is InChI=1S/C9H13FO6/c1-14-7(10)9(13)16-6-4-2-3-5(15-6)8(11)12/h5-7H,2-4H2,1H3,(H,11,12). The maximum absolute atomic E-state index is 12.7. The summed E-state index contributed by atoms with van der Waals surface area (Å²) < 4.78 is 26.3. The van der Waals surface area contributed by atoms with Crippen LogP contribution in [0.2, 0.25) is 0 Å². The van der Waals surface area contributed by atoms with Crippen LogP contribution in [0.5, 0.6) is 0 Å². The number of carbonyl (C=O) groups excluding carboxylic acids is 1. The first-order chi connectivity index (χ1) is 7.54. The normalized spacial score (nSPS) is 27.1. The highest BCUT2D eigenvalue weighted by Gasteiger charge is 2.31. The van der Waals surface area contributed by atoms with Gasteiger partial charge in [-0.3, -0.25) is 0 Å². The Bertz CT molecular complexity index is 269. The highest BCUT2D eigenvalue weighted by atomic mass is 19.1. The lowest BCUT2D eigenvalue weighted by Gasteiger charge is -2.27. The van der Waals surface area contributed by atoms with Gasteiger partial charge in [0.05, 0.1) is 0 Å². The van der Waals surface area contributed by atoms with Crippen molar-refractivity contribution in [3.63, 3.8) is 0 Å². The molecule has 0 amide bonds. The molecule has 0 spiro atoms. The highest BCUT2D eigenvalue weighted by molar-refractivity contribution is 5.73. The molecule has 0 bridgehead atoms. The smallest absolute Gasteiger partial charge is 0.371 e. The summed E-state index contributed by atoms with van der Waals surface area (Å²) in [5, 5.41) is 8.68. The van der Waals surface area contributed by atoms with Gasteiger partial charge in [0.15, 0.2) is 6.10 Å². The van der Waals surface area contributed by atoms with Gasteiger partial charge in [-0.1, -0.05) is 0 Å². The minimum absolute atomic E-state index is 0.353. The van der Waals surface area contributed by atoms with Crippen LogP contribution in [0.4, 0.5) is 4.39 Å². The summed E-state index contributed by atoms with van der Waals surface area (Å²) in [5.41, 5.74) is 0. The van der Waals surface area contributed by atoms with Crippen molar-refractivity contribution in [1.29, 1.82) is 0 Å². The van der Waals surface area contributed by atoms with E-state index in [-0.39, 0.29) is 0 Å². The molecule has 0 radical (unpaired) electrons. The zero-order valence-electron chi connectivity index (χ0n) is 8.72. The fourth-order valence-electron chi connectivity index (χ4n) is 1.34. The van der Waals surface area contributed by atoms with Crippen LogP contribution in [-0.2, 0) is 23.8 Å². The summed E-state index contributed by atoms with van der Waals surface area (Å²) in [6, 6.07) is 0. The molecule has 92 valence electrons. The number of halogens is 1. The molecule has 16 heavy (non-hydrogen) atoms. The van der Waals surface area contributed by atoms with Gasteiger partial charge in [0, 0.05) is 13.5 Å². The van der Waals surface area contributed by atoms with Crippen molar-refractivity contribution in [2.24, 2.45) is 0 Å². The van der Waals surface area contributed by atoms with Crippen molar-refractivity contribution in [3.8, 4) is 0 Å². The van der Waals surface area contributed by atoms with Crippen LogP contribution in [-0.4, -0.2) is 42.9 Å². The molecule has 3 unspecified atom stereocenters. The van der Waals surface area contributed by atoms with E-state index in [0.717, 1.165) is 7.11 Å². The van der Waals surface area contributed by atoms with E-state index in [1.807, 2.05) is 0 Å². The van der Waals surface area contributed by atoms with Crippen molar-refractivity contribution in [3.05, 3.63) is 0 Å². The third-order valence-electron chi connectivity index (χ3n) is 2.14. The van der Waals surface area contributed by atoms with Gasteiger partial charge < -0.3 is 19.3 Å². The number of ether oxygens (including phenoxy) is 3. The zero-order chi connectivity index (χ0) is 12.1. The number of aliphatic carboxylic acids is 1. The SMILES string of the molecule is COC(F)C(=O)OC1CCCC(C(=O)O)O1. The molecule has 6 nitrogen and oxygen atoms in total. The molecule has 0 aliphatic carbocycles. The predicted molar refractivity (Wildman–Crippen MR) is 48.1 cm³/mol. The Morgan fingerprint density at radius 2 is 2.19 bits per heavy atom. The first kappa shape index (κ1) is 12.9. The summed E-state index contributed by atoms with van der Waals surface area (Å²) >= 11 is 0. The average Bonchev–Trinajstić information content (AvgIpc) is 2.28. The van der Waals surface area contributed by atoms with Gasteiger partial charge in [-0.15, -0.1) is 0 Å². The summed E-state index contributed by atoms with van der Waals surface area (Å²) in [7, 11) is 1.02. The van der Waals surface area contributed by atoms with Crippen molar-refractivity contribution >= 4 is 11.9 Å². The van der Waals surface area contributed by atoms with Gasteiger partial charge in [-0.05, 0) is 12.8 Å². The highest BCUT2D eigenvalue weighted by Crippen LogP contribution is 2.20. The van der Waals surface area contributed by atoms with E-state index in [9.17, 15) is 14.0 Å². The summed E-state index contributed by atoms with van der Waals surface area (Å²) in [4.78, 5) is 21.6. The second-order valence-electron chi connectivity index (χ2n) is 3.31. The van der Waals surface area contributed by atoms with Gasteiger partial charge in [-0.2, -0.15) is 0 Å². The molecule has 0 aromatic heterocycles. The molecule has 1 saturated heterocycles. The lowest BCUT2D eigenvalue weighted by Crippen LogP contribution is -2.37. The maximum Gasteiger partial charge on any atom is 0.371 e. The molecule has 1 fully saturated rings. The lowest BCUT2D eigenvalue weighted by atomic mass is 10.1. The lowest BCUT2D eigenvalue weighted by molar-refractivity contribution is -0.221. The molecule has 1 rings (SSSR count). The van der Waals surface area contributed by atoms with Crippen LogP contribution >= 0.6 is 0 Å². The number of methoxy groups -OCH3 is 1. The first-order valence-corrected chi connectivity index (χ1v) is 4.80. The monoisotopic (exact) mass is 236 g/mol. The van der Waals surface area contributed by atoms with Crippen molar-refractivity contribution in [2.45, 2.75) is 38.0 Å². The molecule has 3 atom stereocenters. The Hall–Kier alpha value is -1.21. The Labute approximate surface area is 91.3 Å². The van der Waals surface area contributed by atoms with Gasteiger partial charge in [0.2, 0.25) is 6.29 Å². The van der Waals surface area contributed by atoms with E-state index in [4.69, 9.17) is 9.84 Å². The number of carbonyl (C=O) groups is 2. The number of hydrogen-bond acceptors (Lipinski definition) is 5. The predicted octanol–water partition coefficient (Wildman–Crippen LogP) is 0.451. The number of esters is 1. The number of carboxylic acid groups (broad SMARTS) is 1. The largest absolute Gasteiger partial charge is 0.479 e. The second kappa shape index (κ2) is 5.76. The minimum Gasteiger partial charge on any atom is -0.479 e. The maximum atomic E-state index is 12.7. The molecular weight excluding hydrogens is 223 g/mol. The molecule has 1 aliphatic rings. The van der Waals surface area contributed by atoms with Gasteiger partial charge in [0.25, 0.3) is 6.36 Å². The van der Waals surface area contributed by atoms with Crippen LogP contribution in [0.1, 0.15) is 19.3 Å². The Kier molecular flexibility index (Phi) is 4.63. The average molecular weight is 236 g/mol. The van der Waals surface area contributed by atoms with Gasteiger partial charge in [0.1, 0.15) is 0 Å². The van der Waals surface area contributed by atoms with E-state index in [0.29, 0.717) is 19.3 Å². The Balaban J connectivity index is 2.43. The van der Waals surface area contributed by atoms with E-state index in [1.165, 1.54) is 0 Å². The van der Waals surface area contributed by atoms with E-state index in [1.54, 1.807) is 0 Å². The molecule has 1 N–H and O–H groups in total. The van der Waals surface area contributed by atoms with Crippen LogP contribution in [0, 0.1) is 0 Å². The van der Waals surface area contributed by atoms with Crippen molar-refractivity contribution in [1.82, 2.24) is 0 Å². The zero-order valence-corrected chi connectivity index (χ0v) is 8.72. The number of rotatable bonds is 4. The molecule has 1 heterocycles. The van der Waals surface area contributed by atoms with Crippen LogP contribution < -0.4 is 0 Å². The fraction of sp³-hybridized carbons (Fsp3) is 0.778.